The summed E-state index contributed by atoms with van der Waals surface area (Å²) in [5.74, 6) is 0.138. The van der Waals surface area contributed by atoms with Crippen molar-refractivity contribution in [2.24, 2.45) is 7.05 Å². The van der Waals surface area contributed by atoms with Crippen LogP contribution in [0.5, 0.6) is 0 Å². The summed E-state index contributed by atoms with van der Waals surface area (Å²) >= 11 is 0. The smallest absolute Gasteiger partial charge is 0.180 e. The van der Waals surface area contributed by atoms with Crippen LogP contribution in [0.3, 0.4) is 0 Å². The number of fused-ring (bicyclic) bond motifs is 1. The van der Waals surface area contributed by atoms with Crippen molar-refractivity contribution in [1.29, 1.82) is 0 Å². The van der Waals surface area contributed by atoms with Crippen LogP contribution in [0.25, 0.3) is 0 Å². The molecule has 1 aromatic rings. The summed E-state index contributed by atoms with van der Waals surface area (Å²) in [5, 5.41) is 7.01. The van der Waals surface area contributed by atoms with Crippen LogP contribution >= 0.6 is 12.4 Å². The molecule has 0 fully saturated rings. The topological polar surface area (TPSA) is 46.9 Å². The molecule has 0 aliphatic carbocycles. The first-order valence-electron chi connectivity index (χ1n) is 3.54. The molecule has 0 radical (unpaired) electrons. The Hall–Kier alpha value is -0.870. The maximum Gasteiger partial charge on any atom is 0.180 e. The molecule has 12 heavy (non-hydrogen) atoms. The zero-order valence-corrected chi connectivity index (χ0v) is 7.52. The molecule has 1 aliphatic rings. The van der Waals surface area contributed by atoms with E-state index in [9.17, 15) is 4.79 Å². The number of halogens is 1. The Morgan fingerprint density at radius 2 is 2.33 bits per heavy atom. The minimum Gasteiger partial charge on any atom is -0.304 e. The van der Waals surface area contributed by atoms with Gasteiger partial charge in [-0.15, -0.1) is 12.4 Å². The number of hydrogen-bond acceptors (Lipinski definition) is 3. The number of nitrogens with zero attached hydrogens (tertiary/aromatic N) is 2. The number of rotatable bonds is 0. The fourth-order valence-electron chi connectivity index (χ4n) is 1.30. The first-order valence-corrected chi connectivity index (χ1v) is 3.54. The number of ketones is 1. The van der Waals surface area contributed by atoms with Crippen molar-refractivity contribution >= 4 is 18.2 Å². The first-order chi connectivity index (χ1) is 5.29. The zero-order valence-electron chi connectivity index (χ0n) is 6.70. The van der Waals surface area contributed by atoms with Gasteiger partial charge in [0.2, 0.25) is 0 Å². The maximum absolute atomic E-state index is 11.2. The van der Waals surface area contributed by atoms with Crippen LogP contribution in [-0.2, 0) is 13.6 Å². The lowest BCUT2D eigenvalue weighted by molar-refractivity contribution is 0.0981. The van der Waals surface area contributed by atoms with Gasteiger partial charge in [0.05, 0.1) is 24.0 Å². The highest BCUT2D eigenvalue weighted by Crippen LogP contribution is 2.10. The molecule has 0 saturated heterocycles. The van der Waals surface area contributed by atoms with Gasteiger partial charge in [-0.3, -0.25) is 9.48 Å². The molecule has 2 heterocycles. The molecule has 1 aromatic heterocycles. The normalized spacial score (nSPS) is 15.2. The highest BCUT2D eigenvalue weighted by molar-refractivity contribution is 5.99. The lowest BCUT2D eigenvalue weighted by Gasteiger charge is -2.11. The molecule has 4 nitrogen and oxygen atoms in total. The predicted molar refractivity (Wildman–Crippen MR) is 46.5 cm³/mol. The van der Waals surface area contributed by atoms with E-state index in [1.165, 1.54) is 0 Å². The van der Waals surface area contributed by atoms with Crippen molar-refractivity contribution < 1.29 is 4.79 Å². The van der Waals surface area contributed by atoms with E-state index in [4.69, 9.17) is 0 Å². The van der Waals surface area contributed by atoms with E-state index < -0.39 is 0 Å². The number of hydrogen-bond donors (Lipinski definition) is 1. The molecule has 1 N–H and O–H groups in total. The highest BCUT2D eigenvalue weighted by atomic mass is 35.5. The largest absolute Gasteiger partial charge is 0.304 e. The van der Waals surface area contributed by atoms with Crippen LogP contribution in [-0.4, -0.2) is 22.1 Å². The van der Waals surface area contributed by atoms with Crippen LogP contribution in [0.4, 0.5) is 0 Å². The molecule has 5 heteroatoms. The van der Waals surface area contributed by atoms with Gasteiger partial charge in [-0.05, 0) is 0 Å². The van der Waals surface area contributed by atoms with Crippen LogP contribution in [0.2, 0.25) is 0 Å². The van der Waals surface area contributed by atoms with Gasteiger partial charge in [0, 0.05) is 13.6 Å². The Balaban J connectivity index is 0.000000720. The summed E-state index contributed by atoms with van der Waals surface area (Å²) in [4.78, 5) is 11.2. The minimum atomic E-state index is 0. The Kier molecular flexibility index (Phi) is 2.49. The number of Topliss-reactive ketones (excluding diaryl/α,β-unsaturated/α-hetero) is 1. The third kappa shape index (κ3) is 1.23. The summed E-state index contributed by atoms with van der Waals surface area (Å²) in [5.41, 5.74) is 1.76. The second kappa shape index (κ2) is 3.25. The summed E-state index contributed by atoms with van der Waals surface area (Å²) in [6, 6.07) is 0. The summed E-state index contributed by atoms with van der Waals surface area (Å²) in [6.45, 7) is 1.19. The molecule has 0 atom stereocenters. The van der Waals surface area contributed by atoms with Crippen molar-refractivity contribution in [2.75, 3.05) is 6.54 Å². The van der Waals surface area contributed by atoms with Gasteiger partial charge < -0.3 is 5.32 Å². The number of aryl methyl sites for hydroxylation is 1. The Morgan fingerprint density at radius 1 is 1.58 bits per heavy atom. The quantitative estimate of drug-likeness (QED) is 0.628. The molecular formula is C7H10ClN3O. The molecule has 1 aliphatic heterocycles. The number of aromatic nitrogens is 2. The van der Waals surface area contributed by atoms with E-state index >= 15 is 0 Å². The molecule has 0 unspecified atom stereocenters. The summed E-state index contributed by atoms with van der Waals surface area (Å²) in [7, 11) is 1.85. The Labute approximate surface area is 76.4 Å². The summed E-state index contributed by atoms with van der Waals surface area (Å²) < 4.78 is 1.74. The van der Waals surface area contributed by atoms with Crippen LogP contribution in [0.15, 0.2) is 6.20 Å². The van der Waals surface area contributed by atoms with E-state index in [0.717, 1.165) is 17.8 Å². The number of nitrogens with one attached hydrogen (secondary N) is 1. The van der Waals surface area contributed by atoms with Crippen molar-refractivity contribution in [3.63, 3.8) is 0 Å². The lowest BCUT2D eigenvalue weighted by atomic mass is 10.1. The molecule has 0 spiro atoms. The third-order valence-electron chi connectivity index (χ3n) is 1.94. The van der Waals surface area contributed by atoms with Gasteiger partial charge in [-0.25, -0.2) is 0 Å². The molecule has 2 rings (SSSR count). The molecule has 66 valence electrons. The fourth-order valence-corrected chi connectivity index (χ4v) is 1.30. The SMILES string of the molecule is Cl.Cn1ncc2c1CNCC2=O. The van der Waals surface area contributed by atoms with Gasteiger partial charge in [-0.2, -0.15) is 5.10 Å². The van der Waals surface area contributed by atoms with Crippen LogP contribution in [0, 0.1) is 0 Å². The van der Waals surface area contributed by atoms with E-state index in [-0.39, 0.29) is 18.2 Å². The second-order valence-corrected chi connectivity index (χ2v) is 2.66. The van der Waals surface area contributed by atoms with Crippen molar-refractivity contribution in [3.05, 3.63) is 17.5 Å². The van der Waals surface area contributed by atoms with Crippen molar-refractivity contribution in [2.45, 2.75) is 6.54 Å². The standard InChI is InChI=1S/C7H9N3O.ClH/c1-10-6-3-8-4-7(11)5(6)2-9-10;/h2,8H,3-4H2,1H3;1H. The number of carbonyl (C=O) groups excluding carboxylic acids is 1. The zero-order chi connectivity index (χ0) is 7.84. The molecule has 0 saturated carbocycles. The monoisotopic (exact) mass is 187 g/mol. The predicted octanol–water partition coefficient (Wildman–Crippen LogP) is 0.128. The average Bonchev–Trinajstić information content (AvgIpc) is 2.35. The highest BCUT2D eigenvalue weighted by Gasteiger charge is 2.19. The van der Waals surface area contributed by atoms with E-state index in [2.05, 4.69) is 10.4 Å². The third-order valence-corrected chi connectivity index (χ3v) is 1.94. The second-order valence-electron chi connectivity index (χ2n) is 2.66. The van der Waals surface area contributed by atoms with E-state index in [1.54, 1.807) is 10.9 Å². The van der Waals surface area contributed by atoms with Crippen molar-refractivity contribution in [1.82, 2.24) is 15.1 Å². The fraction of sp³-hybridized carbons (Fsp3) is 0.429. The Bertz CT molecular complexity index is 308. The van der Waals surface area contributed by atoms with Gasteiger partial charge in [0.1, 0.15) is 0 Å². The average molecular weight is 188 g/mol. The van der Waals surface area contributed by atoms with Gasteiger partial charge in [0.25, 0.3) is 0 Å². The first kappa shape index (κ1) is 9.22. The molecule has 0 amide bonds. The Morgan fingerprint density at radius 3 is 3.00 bits per heavy atom. The van der Waals surface area contributed by atoms with Crippen molar-refractivity contribution in [3.8, 4) is 0 Å². The van der Waals surface area contributed by atoms with Crippen LogP contribution in [0.1, 0.15) is 16.1 Å². The molecular weight excluding hydrogens is 178 g/mol. The lowest BCUT2D eigenvalue weighted by Crippen LogP contribution is -2.30. The van der Waals surface area contributed by atoms with Gasteiger partial charge in [0.15, 0.2) is 5.78 Å². The van der Waals surface area contributed by atoms with Gasteiger partial charge in [-0.1, -0.05) is 0 Å². The van der Waals surface area contributed by atoms with Gasteiger partial charge >= 0.3 is 0 Å². The van der Waals surface area contributed by atoms with E-state index in [1.807, 2.05) is 7.05 Å². The van der Waals surface area contributed by atoms with Crippen LogP contribution < -0.4 is 5.32 Å². The molecule has 0 bridgehead atoms. The van der Waals surface area contributed by atoms with E-state index in [0.29, 0.717) is 6.54 Å². The number of carbonyl (C=O) groups is 1. The molecule has 0 aromatic carbocycles. The minimum absolute atomic E-state index is 0. The maximum atomic E-state index is 11.2. The summed E-state index contributed by atoms with van der Waals surface area (Å²) in [6.07, 6.45) is 1.64.